The Bertz CT molecular complexity index is 1070. The van der Waals surface area contributed by atoms with Crippen LogP contribution in [0.1, 0.15) is 31.7 Å². The van der Waals surface area contributed by atoms with E-state index in [9.17, 15) is 8.42 Å². The minimum absolute atomic E-state index is 0.179. The number of aromatic nitrogens is 2. The van der Waals surface area contributed by atoms with Gasteiger partial charge in [-0.3, -0.25) is 0 Å². The van der Waals surface area contributed by atoms with Crippen molar-refractivity contribution in [2.45, 2.75) is 31.1 Å². The van der Waals surface area contributed by atoms with Gasteiger partial charge in [0, 0.05) is 17.4 Å². The topological polar surface area (TPSA) is 96.0 Å². The quantitative estimate of drug-likeness (QED) is 0.509. The van der Waals surface area contributed by atoms with Gasteiger partial charge in [-0.15, -0.1) is 0 Å². The molecule has 0 aliphatic carbocycles. The third kappa shape index (κ3) is 5.30. The molecule has 29 heavy (non-hydrogen) atoms. The summed E-state index contributed by atoms with van der Waals surface area (Å²) in [6, 6.07) is 16.6. The van der Waals surface area contributed by atoms with Gasteiger partial charge < -0.3 is 10.6 Å². The fourth-order valence-corrected chi connectivity index (χ4v) is 3.55. The lowest BCUT2D eigenvalue weighted by Gasteiger charge is -2.12. The molecule has 0 aliphatic heterocycles. The summed E-state index contributed by atoms with van der Waals surface area (Å²) in [7, 11) is -2.13. The van der Waals surface area contributed by atoms with Crippen molar-refractivity contribution in [3.63, 3.8) is 0 Å². The molecule has 0 aliphatic rings. The highest BCUT2D eigenvalue weighted by Crippen LogP contribution is 2.24. The standard InChI is InChI=1S/C21H25N5O2S/c1-4-15(2)16-8-10-17(11-9-16)25-20-13-21(24-14-23-20)26-18-6-5-7-19(12-18)29(27,28)22-3/h5-15,22H,4H2,1-3H3,(H2,23,24,25,26). The zero-order valence-electron chi connectivity index (χ0n) is 16.7. The van der Waals surface area contributed by atoms with Crippen LogP contribution in [0.3, 0.4) is 0 Å². The monoisotopic (exact) mass is 411 g/mol. The maximum Gasteiger partial charge on any atom is 0.240 e. The van der Waals surface area contributed by atoms with Gasteiger partial charge in [-0.1, -0.05) is 32.0 Å². The van der Waals surface area contributed by atoms with Crippen LogP contribution in [0.5, 0.6) is 0 Å². The molecule has 0 bridgehead atoms. The summed E-state index contributed by atoms with van der Waals surface area (Å²) < 4.78 is 26.3. The molecule has 1 unspecified atom stereocenters. The van der Waals surface area contributed by atoms with Gasteiger partial charge in [0.15, 0.2) is 0 Å². The van der Waals surface area contributed by atoms with Gasteiger partial charge in [-0.05, 0) is 55.3 Å². The highest BCUT2D eigenvalue weighted by atomic mass is 32.2. The summed E-state index contributed by atoms with van der Waals surface area (Å²) in [5.41, 5.74) is 2.85. The molecule has 0 saturated heterocycles. The van der Waals surface area contributed by atoms with E-state index in [1.165, 1.54) is 25.0 Å². The van der Waals surface area contributed by atoms with E-state index in [1.807, 2.05) is 12.1 Å². The summed E-state index contributed by atoms with van der Waals surface area (Å²) in [6.07, 6.45) is 2.55. The van der Waals surface area contributed by atoms with Gasteiger partial charge in [0.05, 0.1) is 4.90 Å². The molecule has 0 fully saturated rings. The Morgan fingerprint density at radius 2 is 1.59 bits per heavy atom. The minimum Gasteiger partial charge on any atom is -0.340 e. The van der Waals surface area contributed by atoms with Gasteiger partial charge >= 0.3 is 0 Å². The Labute approximate surface area is 171 Å². The molecule has 2 aromatic carbocycles. The third-order valence-corrected chi connectivity index (χ3v) is 6.13. The highest BCUT2D eigenvalue weighted by molar-refractivity contribution is 7.89. The maximum absolute atomic E-state index is 12.0. The van der Waals surface area contributed by atoms with Crippen molar-refractivity contribution in [1.82, 2.24) is 14.7 Å². The Hall–Kier alpha value is -2.97. The Kier molecular flexibility index (Phi) is 6.46. The number of anilines is 4. The van der Waals surface area contributed by atoms with Gasteiger partial charge in [-0.25, -0.2) is 23.1 Å². The van der Waals surface area contributed by atoms with Crippen LogP contribution in [-0.2, 0) is 10.0 Å². The molecule has 0 spiro atoms. The van der Waals surface area contributed by atoms with E-state index in [0.717, 1.165) is 12.1 Å². The van der Waals surface area contributed by atoms with E-state index in [4.69, 9.17) is 0 Å². The molecule has 3 rings (SSSR count). The molecule has 8 heteroatoms. The van der Waals surface area contributed by atoms with E-state index >= 15 is 0 Å². The number of sulfonamides is 1. The lowest BCUT2D eigenvalue weighted by atomic mass is 9.99. The van der Waals surface area contributed by atoms with E-state index in [-0.39, 0.29) is 4.90 Å². The summed E-state index contributed by atoms with van der Waals surface area (Å²) in [4.78, 5) is 8.64. The first-order chi connectivity index (χ1) is 13.9. The van der Waals surface area contributed by atoms with Crippen molar-refractivity contribution in [1.29, 1.82) is 0 Å². The van der Waals surface area contributed by atoms with E-state index in [0.29, 0.717) is 23.2 Å². The second kappa shape index (κ2) is 9.02. The van der Waals surface area contributed by atoms with Crippen molar-refractivity contribution in [3.8, 4) is 0 Å². The van der Waals surface area contributed by atoms with E-state index in [2.05, 4.69) is 51.3 Å². The van der Waals surface area contributed by atoms with Crippen LogP contribution in [0.25, 0.3) is 0 Å². The summed E-state index contributed by atoms with van der Waals surface area (Å²) >= 11 is 0. The first kappa shape index (κ1) is 20.8. The molecular formula is C21H25N5O2S. The van der Waals surface area contributed by atoms with Crippen molar-refractivity contribution in [2.24, 2.45) is 0 Å². The summed E-state index contributed by atoms with van der Waals surface area (Å²) in [5, 5.41) is 6.38. The van der Waals surface area contributed by atoms with Crippen LogP contribution in [0.15, 0.2) is 65.8 Å². The first-order valence-corrected chi connectivity index (χ1v) is 10.9. The Morgan fingerprint density at radius 1 is 0.931 bits per heavy atom. The molecule has 7 nitrogen and oxygen atoms in total. The third-order valence-electron chi connectivity index (χ3n) is 4.72. The average Bonchev–Trinajstić information content (AvgIpc) is 2.74. The predicted octanol–water partition coefficient (Wildman–Crippen LogP) is 4.39. The van der Waals surface area contributed by atoms with Gasteiger partial charge in [0.25, 0.3) is 0 Å². The zero-order valence-corrected chi connectivity index (χ0v) is 17.5. The van der Waals surface area contributed by atoms with Gasteiger partial charge in [-0.2, -0.15) is 0 Å². The number of nitrogens with one attached hydrogen (secondary N) is 3. The van der Waals surface area contributed by atoms with Crippen molar-refractivity contribution in [3.05, 3.63) is 66.5 Å². The van der Waals surface area contributed by atoms with E-state index in [1.54, 1.807) is 24.3 Å². The fraction of sp³-hybridized carbons (Fsp3) is 0.238. The molecule has 0 radical (unpaired) electrons. The number of rotatable bonds is 8. The van der Waals surface area contributed by atoms with Crippen LogP contribution in [-0.4, -0.2) is 25.4 Å². The molecule has 3 aromatic rings. The largest absolute Gasteiger partial charge is 0.340 e. The molecule has 1 atom stereocenters. The molecule has 0 saturated carbocycles. The maximum atomic E-state index is 12.0. The Morgan fingerprint density at radius 3 is 2.21 bits per heavy atom. The zero-order chi connectivity index (χ0) is 20.9. The number of nitrogens with zero attached hydrogens (tertiary/aromatic N) is 2. The normalized spacial score (nSPS) is 12.4. The summed E-state index contributed by atoms with van der Waals surface area (Å²) in [5.74, 6) is 1.72. The first-order valence-electron chi connectivity index (χ1n) is 9.41. The second-order valence-electron chi connectivity index (χ2n) is 6.71. The molecule has 1 aromatic heterocycles. The van der Waals surface area contributed by atoms with Crippen molar-refractivity contribution in [2.75, 3.05) is 17.7 Å². The SMILES string of the molecule is CCC(C)c1ccc(Nc2cc(Nc3cccc(S(=O)(=O)NC)c3)ncn2)cc1. The number of benzene rings is 2. The van der Waals surface area contributed by atoms with Crippen LogP contribution < -0.4 is 15.4 Å². The second-order valence-corrected chi connectivity index (χ2v) is 8.59. The minimum atomic E-state index is -3.51. The average molecular weight is 412 g/mol. The molecule has 1 heterocycles. The number of hydrogen-bond donors (Lipinski definition) is 3. The lowest BCUT2D eigenvalue weighted by Crippen LogP contribution is -2.18. The van der Waals surface area contributed by atoms with Crippen LogP contribution >= 0.6 is 0 Å². The molecule has 3 N–H and O–H groups in total. The molecular weight excluding hydrogens is 386 g/mol. The van der Waals surface area contributed by atoms with E-state index < -0.39 is 10.0 Å². The van der Waals surface area contributed by atoms with Crippen molar-refractivity contribution < 1.29 is 8.42 Å². The summed E-state index contributed by atoms with van der Waals surface area (Å²) in [6.45, 7) is 4.39. The molecule has 152 valence electrons. The van der Waals surface area contributed by atoms with Gasteiger partial charge in [0.1, 0.15) is 18.0 Å². The van der Waals surface area contributed by atoms with Crippen LogP contribution in [0, 0.1) is 0 Å². The van der Waals surface area contributed by atoms with Gasteiger partial charge in [0.2, 0.25) is 10.0 Å². The fourth-order valence-electron chi connectivity index (χ4n) is 2.78. The van der Waals surface area contributed by atoms with Crippen molar-refractivity contribution >= 4 is 33.0 Å². The Balaban J connectivity index is 1.74. The smallest absolute Gasteiger partial charge is 0.240 e. The van der Waals surface area contributed by atoms with Crippen LogP contribution in [0.4, 0.5) is 23.0 Å². The number of hydrogen-bond acceptors (Lipinski definition) is 6. The molecule has 0 amide bonds. The predicted molar refractivity (Wildman–Crippen MR) is 116 cm³/mol. The lowest BCUT2D eigenvalue weighted by molar-refractivity contribution is 0.588. The highest BCUT2D eigenvalue weighted by Gasteiger charge is 2.11. The van der Waals surface area contributed by atoms with Crippen LogP contribution in [0.2, 0.25) is 0 Å².